The Morgan fingerprint density at radius 1 is 0.746 bits per heavy atom. The maximum absolute atomic E-state index is 15.2. The molecule has 1 aromatic heterocycles. The number of hydrogen-bond acceptors (Lipinski definition) is 12. The van der Waals surface area contributed by atoms with E-state index in [0.29, 0.717) is 61.6 Å². The summed E-state index contributed by atoms with van der Waals surface area (Å²) in [5.41, 5.74) is 4.55. The number of aromatic nitrogens is 2. The SMILES string of the molecule is CC(C)(C)OC(=O)NCCOCCOCCOCCOCCN(CC(=O)N1CCN(C(=O)c2cc(Cc3n[nH]c(=O)c4ccccc34)ccc2F)CC1)C(=O)OCC1c2ccccc2-c2ccccc21.S. The Labute approximate surface area is 419 Å². The van der Waals surface area contributed by atoms with E-state index in [1.165, 1.54) is 21.9 Å². The molecule has 1 saturated heterocycles. The molecule has 0 spiro atoms. The number of ether oxygens (including phenoxy) is 6. The average Bonchev–Trinajstić information content (AvgIpc) is 3.68. The predicted octanol–water partition coefficient (Wildman–Crippen LogP) is 5.89. The van der Waals surface area contributed by atoms with Gasteiger partial charge >= 0.3 is 12.2 Å². The van der Waals surface area contributed by atoms with Crippen LogP contribution in [0, 0.1) is 5.82 Å². The van der Waals surface area contributed by atoms with Gasteiger partial charge in [0.15, 0.2) is 0 Å². The zero-order chi connectivity index (χ0) is 49.5. The third-order valence-corrected chi connectivity index (χ3v) is 11.8. The molecular formula is C52H63FN6O11S. The molecule has 7 rings (SSSR count). The molecule has 1 aliphatic heterocycles. The number of rotatable bonds is 22. The van der Waals surface area contributed by atoms with Crippen LogP contribution in [-0.4, -0.2) is 160 Å². The summed E-state index contributed by atoms with van der Waals surface area (Å²) in [6.45, 7) is 8.56. The first-order valence-electron chi connectivity index (χ1n) is 23.6. The van der Waals surface area contributed by atoms with Crippen molar-refractivity contribution in [3.05, 3.63) is 135 Å². The second-order valence-corrected chi connectivity index (χ2v) is 17.8. The van der Waals surface area contributed by atoms with Crippen LogP contribution in [0.25, 0.3) is 21.9 Å². The van der Waals surface area contributed by atoms with Crippen molar-refractivity contribution in [2.24, 2.45) is 0 Å². The number of piperazine rings is 1. The number of alkyl carbamates (subject to hydrolysis) is 1. The summed E-state index contributed by atoms with van der Waals surface area (Å²) < 4.78 is 48.8. The van der Waals surface area contributed by atoms with Crippen LogP contribution in [0.3, 0.4) is 0 Å². The molecule has 5 aromatic rings. The molecule has 71 heavy (non-hydrogen) atoms. The van der Waals surface area contributed by atoms with E-state index in [0.717, 1.165) is 22.3 Å². The number of nitrogens with zero attached hydrogens (tertiary/aromatic N) is 4. The topological polar surface area (TPSA) is 191 Å². The zero-order valence-corrected chi connectivity index (χ0v) is 41.4. The first kappa shape index (κ1) is 54.0. The van der Waals surface area contributed by atoms with Crippen LogP contribution in [0.1, 0.15) is 59.4 Å². The Hall–Kier alpha value is -6.38. The largest absolute Gasteiger partial charge is 0.448 e. The molecule has 1 fully saturated rings. The van der Waals surface area contributed by atoms with Crippen LogP contribution in [0.2, 0.25) is 0 Å². The number of aromatic amines is 1. The molecule has 0 bridgehead atoms. The number of amides is 4. The Bertz CT molecular complexity index is 2610. The monoisotopic (exact) mass is 998 g/mol. The van der Waals surface area contributed by atoms with E-state index in [9.17, 15) is 24.0 Å². The minimum atomic E-state index is -0.672. The number of nitrogens with one attached hydrogen (secondary N) is 2. The zero-order valence-electron chi connectivity index (χ0n) is 40.4. The van der Waals surface area contributed by atoms with Gasteiger partial charge in [-0.05, 0) is 66.8 Å². The lowest BCUT2D eigenvalue weighted by atomic mass is 9.98. The molecule has 2 N–H and O–H groups in total. The van der Waals surface area contributed by atoms with Gasteiger partial charge in [0.05, 0.1) is 69.5 Å². The highest BCUT2D eigenvalue weighted by atomic mass is 32.1. The smallest absolute Gasteiger partial charge is 0.410 e. The summed E-state index contributed by atoms with van der Waals surface area (Å²) in [6.07, 6.45) is -0.901. The molecular weight excluding hydrogens is 936 g/mol. The molecule has 0 saturated carbocycles. The third kappa shape index (κ3) is 15.1. The van der Waals surface area contributed by atoms with Crippen LogP contribution in [0.15, 0.2) is 95.8 Å². The fourth-order valence-corrected chi connectivity index (χ4v) is 8.33. The maximum Gasteiger partial charge on any atom is 0.410 e. The van der Waals surface area contributed by atoms with Gasteiger partial charge in [-0.2, -0.15) is 18.6 Å². The second-order valence-electron chi connectivity index (χ2n) is 17.8. The molecule has 17 nitrogen and oxygen atoms in total. The van der Waals surface area contributed by atoms with Gasteiger partial charge in [0.25, 0.3) is 11.5 Å². The molecule has 0 unspecified atom stereocenters. The number of carbonyl (C=O) groups excluding carboxylic acids is 4. The van der Waals surface area contributed by atoms with Crippen molar-refractivity contribution in [1.82, 2.24) is 30.2 Å². The summed E-state index contributed by atoms with van der Waals surface area (Å²) in [5, 5.41) is 10.5. The molecule has 0 radical (unpaired) electrons. The lowest BCUT2D eigenvalue weighted by Gasteiger charge is -2.36. The Morgan fingerprint density at radius 3 is 1.94 bits per heavy atom. The molecule has 1 aliphatic carbocycles. The summed E-state index contributed by atoms with van der Waals surface area (Å²) in [7, 11) is 0. The van der Waals surface area contributed by atoms with Crippen molar-refractivity contribution in [2.45, 2.75) is 38.7 Å². The van der Waals surface area contributed by atoms with Crippen molar-refractivity contribution < 1.29 is 52.0 Å². The van der Waals surface area contributed by atoms with Crippen molar-refractivity contribution in [3.8, 4) is 11.1 Å². The molecule has 19 heteroatoms. The van der Waals surface area contributed by atoms with Crippen LogP contribution in [-0.2, 0) is 39.6 Å². The quantitative estimate of drug-likeness (QED) is 0.0784. The highest BCUT2D eigenvalue weighted by Crippen LogP contribution is 2.44. The molecule has 0 atom stereocenters. The van der Waals surface area contributed by atoms with Gasteiger partial charge in [0, 0.05) is 57.0 Å². The van der Waals surface area contributed by atoms with Crippen LogP contribution in [0.4, 0.5) is 14.0 Å². The van der Waals surface area contributed by atoms with Gasteiger partial charge in [0.1, 0.15) is 24.6 Å². The fourth-order valence-electron chi connectivity index (χ4n) is 8.33. The van der Waals surface area contributed by atoms with Crippen molar-refractivity contribution in [2.75, 3.05) is 105 Å². The Kier molecular flexibility index (Phi) is 19.9. The molecule has 2 heterocycles. The van der Waals surface area contributed by atoms with Gasteiger partial charge in [-0.3, -0.25) is 19.3 Å². The number of halogens is 1. The summed E-state index contributed by atoms with van der Waals surface area (Å²) >= 11 is 0. The number of hydrogen-bond donors (Lipinski definition) is 2. The normalized spacial score (nSPS) is 13.3. The molecule has 4 aromatic carbocycles. The van der Waals surface area contributed by atoms with E-state index < -0.39 is 29.5 Å². The van der Waals surface area contributed by atoms with Gasteiger partial charge in [-0.25, -0.2) is 19.1 Å². The van der Waals surface area contributed by atoms with Crippen LogP contribution in [0.5, 0.6) is 0 Å². The summed E-state index contributed by atoms with van der Waals surface area (Å²) in [5.74, 6) is -1.69. The van der Waals surface area contributed by atoms with E-state index in [2.05, 4.69) is 27.6 Å². The van der Waals surface area contributed by atoms with E-state index >= 15 is 4.39 Å². The van der Waals surface area contributed by atoms with E-state index in [1.807, 2.05) is 42.5 Å². The lowest BCUT2D eigenvalue weighted by Crippen LogP contribution is -2.53. The van der Waals surface area contributed by atoms with Crippen molar-refractivity contribution in [1.29, 1.82) is 0 Å². The van der Waals surface area contributed by atoms with Gasteiger partial charge in [-0.15, -0.1) is 0 Å². The lowest BCUT2D eigenvalue weighted by molar-refractivity contribution is -0.133. The van der Waals surface area contributed by atoms with E-state index in [-0.39, 0.29) is 109 Å². The minimum absolute atomic E-state index is 0. The summed E-state index contributed by atoms with van der Waals surface area (Å²) in [4.78, 5) is 69.8. The fraction of sp³-hybridized carbons (Fsp3) is 0.423. The Balaban J connectivity index is 0.00000825. The molecule has 2 aliphatic rings. The third-order valence-electron chi connectivity index (χ3n) is 11.8. The van der Waals surface area contributed by atoms with E-state index in [1.54, 1.807) is 49.9 Å². The average molecular weight is 999 g/mol. The number of benzene rings is 4. The molecule has 380 valence electrons. The standard InChI is InChI=1S/C52H61FN6O11.H2S/c1-52(2,3)70-50(63)54-18-24-65-26-28-67-30-31-68-29-27-66-25-23-59(51(64)69-35-44-39-12-6-4-10-37(39)38-11-5-7-13-40(38)44)34-47(60)57-19-21-58(22-20-57)49(62)43-32-36(16-17-45(43)53)33-46-41-14-8-9-15-42(41)48(61)56-55-46;/h4-17,32,44H,18-31,33-35H2,1-3H3,(H,54,63)(H,56,61);1H2. The maximum atomic E-state index is 15.2. The first-order chi connectivity index (χ1) is 33.9. The van der Waals surface area contributed by atoms with Crippen LogP contribution < -0.4 is 10.9 Å². The minimum Gasteiger partial charge on any atom is -0.448 e. The predicted molar refractivity (Wildman–Crippen MR) is 269 cm³/mol. The number of fused-ring (bicyclic) bond motifs is 4. The molecule has 4 amide bonds. The second kappa shape index (κ2) is 26.2. The van der Waals surface area contributed by atoms with Crippen LogP contribution >= 0.6 is 13.5 Å². The number of H-pyrrole nitrogens is 1. The van der Waals surface area contributed by atoms with Crippen molar-refractivity contribution in [3.63, 3.8) is 0 Å². The van der Waals surface area contributed by atoms with Gasteiger partial charge in [0.2, 0.25) is 5.91 Å². The first-order valence-corrected chi connectivity index (χ1v) is 23.6. The van der Waals surface area contributed by atoms with Crippen molar-refractivity contribution >= 4 is 48.3 Å². The van der Waals surface area contributed by atoms with Gasteiger partial charge < -0.3 is 43.5 Å². The Morgan fingerprint density at radius 2 is 1.31 bits per heavy atom. The van der Waals surface area contributed by atoms with E-state index in [4.69, 9.17) is 28.4 Å². The van der Waals surface area contributed by atoms with Gasteiger partial charge in [-0.1, -0.05) is 72.8 Å². The number of carbonyl (C=O) groups is 4. The highest BCUT2D eigenvalue weighted by molar-refractivity contribution is 7.59. The highest BCUT2D eigenvalue weighted by Gasteiger charge is 2.32. The summed E-state index contributed by atoms with van der Waals surface area (Å²) in [6, 6.07) is 27.5.